The highest BCUT2D eigenvalue weighted by Gasteiger charge is 2.42. The second-order valence-electron chi connectivity index (χ2n) is 5.77. The highest BCUT2D eigenvalue weighted by atomic mass is 19.4. The minimum atomic E-state index is -4.08. The number of nitrogens with one attached hydrogen (secondary N) is 1. The Morgan fingerprint density at radius 2 is 1.89 bits per heavy atom. The summed E-state index contributed by atoms with van der Waals surface area (Å²) in [6.07, 6.45) is 0.534. The van der Waals surface area contributed by atoms with Crippen LogP contribution >= 0.6 is 0 Å². The second-order valence-corrected chi connectivity index (χ2v) is 5.77. The maximum absolute atomic E-state index is 12.9. The highest BCUT2D eigenvalue weighted by Crippen LogP contribution is 2.32. The van der Waals surface area contributed by atoms with Gasteiger partial charge in [0.25, 0.3) is 0 Å². The van der Waals surface area contributed by atoms with Crippen LogP contribution in [0.3, 0.4) is 0 Å². The Morgan fingerprint density at radius 1 is 1.17 bits per heavy atom. The van der Waals surface area contributed by atoms with E-state index in [1.165, 1.54) is 6.42 Å². The smallest absolute Gasteiger partial charge is 0.315 e. The maximum atomic E-state index is 12.9. The van der Waals surface area contributed by atoms with Crippen molar-refractivity contribution in [2.24, 2.45) is 11.8 Å². The lowest BCUT2D eigenvalue weighted by Gasteiger charge is -2.39. The fraction of sp³-hybridized carbons (Fsp3) is 1.00. The molecule has 5 heteroatoms. The molecule has 2 fully saturated rings. The number of hydrogen-bond donors (Lipinski definition) is 1. The van der Waals surface area contributed by atoms with Crippen LogP contribution in [0.25, 0.3) is 0 Å². The van der Waals surface area contributed by atoms with Gasteiger partial charge in [0.1, 0.15) is 0 Å². The van der Waals surface area contributed by atoms with Crippen molar-refractivity contribution in [3.8, 4) is 0 Å². The van der Waals surface area contributed by atoms with Crippen LogP contribution in [0.2, 0.25) is 0 Å². The van der Waals surface area contributed by atoms with Gasteiger partial charge in [-0.15, -0.1) is 0 Å². The van der Waals surface area contributed by atoms with Crippen LogP contribution in [-0.2, 0) is 0 Å². The third kappa shape index (κ3) is 3.38. The molecule has 0 aromatic carbocycles. The van der Waals surface area contributed by atoms with E-state index < -0.39 is 12.1 Å². The number of rotatable bonds is 1. The second kappa shape index (κ2) is 5.78. The third-order valence-electron chi connectivity index (χ3n) is 4.42. The summed E-state index contributed by atoms with van der Waals surface area (Å²) in [5.41, 5.74) is 0. The van der Waals surface area contributed by atoms with Gasteiger partial charge in [-0.25, -0.2) is 0 Å². The lowest BCUT2D eigenvalue weighted by molar-refractivity contribution is -0.177. The molecule has 1 aliphatic carbocycles. The van der Waals surface area contributed by atoms with Crippen LogP contribution in [0.1, 0.15) is 32.6 Å². The Hall–Kier alpha value is -0.290. The van der Waals surface area contributed by atoms with Gasteiger partial charge in [0.05, 0.1) is 5.92 Å². The minimum Gasteiger partial charge on any atom is -0.315 e. The predicted molar refractivity (Wildman–Crippen MR) is 65.4 cm³/mol. The molecule has 0 radical (unpaired) electrons. The first kappa shape index (κ1) is 14.1. The lowest BCUT2D eigenvalue weighted by atomic mass is 9.84. The highest BCUT2D eigenvalue weighted by molar-refractivity contribution is 4.86. The molecule has 3 atom stereocenters. The van der Waals surface area contributed by atoms with Crippen molar-refractivity contribution in [3.63, 3.8) is 0 Å². The average molecular weight is 264 g/mol. The van der Waals surface area contributed by atoms with E-state index in [1.54, 1.807) is 0 Å². The summed E-state index contributed by atoms with van der Waals surface area (Å²) >= 11 is 0. The van der Waals surface area contributed by atoms with Crippen LogP contribution in [0.4, 0.5) is 13.2 Å². The predicted octanol–water partition coefficient (Wildman–Crippen LogP) is 2.65. The lowest BCUT2D eigenvalue weighted by Crippen LogP contribution is -2.46. The Kier molecular flexibility index (Phi) is 4.54. The first-order chi connectivity index (χ1) is 8.48. The Balaban J connectivity index is 2.02. The van der Waals surface area contributed by atoms with Crippen LogP contribution in [0.15, 0.2) is 0 Å². The number of nitrogens with zero attached hydrogens (tertiary/aromatic N) is 1. The topological polar surface area (TPSA) is 15.3 Å². The van der Waals surface area contributed by atoms with Crippen LogP contribution in [0, 0.1) is 11.8 Å². The minimum absolute atomic E-state index is 0.0705. The molecule has 106 valence electrons. The molecule has 0 bridgehead atoms. The normalized spacial score (nSPS) is 36.3. The summed E-state index contributed by atoms with van der Waals surface area (Å²) in [5.74, 6) is -0.681. The van der Waals surface area contributed by atoms with Crippen LogP contribution < -0.4 is 5.32 Å². The Morgan fingerprint density at radius 3 is 2.56 bits per heavy atom. The molecule has 0 aromatic heterocycles. The van der Waals surface area contributed by atoms with E-state index in [9.17, 15) is 13.2 Å². The molecule has 2 rings (SSSR count). The van der Waals surface area contributed by atoms with E-state index in [0.717, 1.165) is 25.8 Å². The SMILES string of the molecule is CC1CCCCC1N1CCNCC(C(F)(F)F)C1. The van der Waals surface area contributed by atoms with E-state index in [1.807, 2.05) is 0 Å². The maximum Gasteiger partial charge on any atom is 0.394 e. The first-order valence-corrected chi connectivity index (χ1v) is 7.00. The molecule has 18 heavy (non-hydrogen) atoms. The number of hydrogen-bond acceptors (Lipinski definition) is 2. The van der Waals surface area contributed by atoms with Crippen LogP contribution in [0.5, 0.6) is 0 Å². The van der Waals surface area contributed by atoms with Gasteiger partial charge < -0.3 is 5.32 Å². The average Bonchev–Trinajstić information content (AvgIpc) is 2.54. The van der Waals surface area contributed by atoms with Crippen molar-refractivity contribution in [3.05, 3.63) is 0 Å². The quantitative estimate of drug-likeness (QED) is 0.783. The molecule has 0 spiro atoms. The van der Waals surface area contributed by atoms with E-state index in [4.69, 9.17) is 0 Å². The summed E-state index contributed by atoms with van der Waals surface area (Å²) in [4.78, 5) is 2.09. The number of halogens is 3. The molecule has 1 N–H and O–H groups in total. The largest absolute Gasteiger partial charge is 0.394 e. The molecule has 3 unspecified atom stereocenters. The zero-order valence-corrected chi connectivity index (χ0v) is 11.0. The third-order valence-corrected chi connectivity index (χ3v) is 4.42. The standard InChI is InChI=1S/C13H23F3N2/c1-10-4-2-3-5-12(10)18-7-6-17-8-11(9-18)13(14,15)16/h10-12,17H,2-9H2,1H3. The molecule has 2 nitrogen and oxygen atoms in total. The van der Waals surface area contributed by atoms with E-state index in [-0.39, 0.29) is 13.1 Å². The summed E-state index contributed by atoms with van der Waals surface area (Å²) in [6, 6.07) is 0.350. The van der Waals surface area contributed by atoms with Crippen molar-refractivity contribution in [2.45, 2.75) is 44.8 Å². The molecule has 2 aliphatic rings. The summed E-state index contributed by atoms with van der Waals surface area (Å²) < 4.78 is 38.7. The van der Waals surface area contributed by atoms with Gasteiger partial charge >= 0.3 is 6.18 Å². The first-order valence-electron chi connectivity index (χ1n) is 7.00. The fourth-order valence-corrected chi connectivity index (χ4v) is 3.30. The molecule has 1 saturated carbocycles. The molecular weight excluding hydrogens is 241 g/mol. The summed E-state index contributed by atoms with van der Waals surface area (Å²) in [5, 5.41) is 2.93. The van der Waals surface area contributed by atoms with Gasteiger partial charge in [0, 0.05) is 32.2 Å². The van der Waals surface area contributed by atoms with Crippen molar-refractivity contribution in [1.82, 2.24) is 10.2 Å². The molecule has 1 aliphatic heterocycles. The molecular formula is C13H23F3N2. The van der Waals surface area contributed by atoms with Crippen molar-refractivity contribution < 1.29 is 13.2 Å². The van der Waals surface area contributed by atoms with Gasteiger partial charge in [-0.3, -0.25) is 4.90 Å². The van der Waals surface area contributed by atoms with E-state index >= 15 is 0 Å². The summed E-state index contributed by atoms with van der Waals surface area (Å²) in [7, 11) is 0. The van der Waals surface area contributed by atoms with Gasteiger partial charge in [-0.1, -0.05) is 19.8 Å². The molecule has 0 aromatic rings. The van der Waals surface area contributed by atoms with Gasteiger partial charge in [0.15, 0.2) is 0 Å². The Bertz CT molecular complexity index is 267. The molecule has 1 heterocycles. The Labute approximate surface area is 107 Å². The van der Waals surface area contributed by atoms with Crippen molar-refractivity contribution >= 4 is 0 Å². The number of alkyl halides is 3. The molecule has 0 amide bonds. The zero-order chi connectivity index (χ0) is 13.2. The van der Waals surface area contributed by atoms with Gasteiger partial charge in [-0.05, 0) is 18.8 Å². The van der Waals surface area contributed by atoms with E-state index in [2.05, 4.69) is 17.1 Å². The molecule has 1 saturated heterocycles. The van der Waals surface area contributed by atoms with Crippen molar-refractivity contribution in [2.75, 3.05) is 26.2 Å². The van der Waals surface area contributed by atoms with Crippen LogP contribution in [-0.4, -0.2) is 43.3 Å². The van der Waals surface area contributed by atoms with Crippen molar-refractivity contribution in [1.29, 1.82) is 0 Å². The van der Waals surface area contributed by atoms with Gasteiger partial charge in [0.2, 0.25) is 0 Å². The van der Waals surface area contributed by atoms with Gasteiger partial charge in [-0.2, -0.15) is 13.2 Å². The monoisotopic (exact) mass is 264 g/mol. The fourth-order valence-electron chi connectivity index (χ4n) is 3.30. The zero-order valence-electron chi connectivity index (χ0n) is 11.0. The summed E-state index contributed by atoms with van der Waals surface area (Å²) in [6.45, 7) is 3.86. The van der Waals surface area contributed by atoms with E-state index in [0.29, 0.717) is 18.5 Å².